The SMILES string of the molecule is CCOC(C)C(C)(C#CC(=O)OC)c1cn(S(=O)(=O)c2ccc(C)cc2)c2ccccc12. The number of carbonyl (C=O) groups is 1. The molecule has 32 heavy (non-hydrogen) atoms. The molecule has 6 nitrogen and oxygen atoms in total. The number of benzene rings is 2. The molecule has 1 aromatic heterocycles. The molecule has 3 aromatic rings. The highest BCUT2D eigenvalue weighted by Crippen LogP contribution is 2.37. The first-order valence-corrected chi connectivity index (χ1v) is 11.7. The summed E-state index contributed by atoms with van der Waals surface area (Å²) in [5.41, 5.74) is 1.18. The van der Waals surface area contributed by atoms with Gasteiger partial charge in [0.05, 0.1) is 29.0 Å². The van der Waals surface area contributed by atoms with Crippen LogP contribution in [0.15, 0.2) is 59.6 Å². The number of fused-ring (bicyclic) bond motifs is 1. The normalized spacial score (nSPS) is 14.3. The first-order chi connectivity index (χ1) is 15.1. The van der Waals surface area contributed by atoms with Crippen LogP contribution >= 0.6 is 0 Å². The molecule has 0 bridgehead atoms. The van der Waals surface area contributed by atoms with Crippen molar-refractivity contribution in [3.63, 3.8) is 0 Å². The van der Waals surface area contributed by atoms with E-state index < -0.39 is 27.5 Å². The minimum atomic E-state index is -3.86. The number of aryl methyl sites for hydroxylation is 1. The molecule has 3 rings (SSSR count). The number of hydrogen-bond acceptors (Lipinski definition) is 5. The lowest BCUT2D eigenvalue weighted by Crippen LogP contribution is -2.35. The molecule has 2 atom stereocenters. The lowest BCUT2D eigenvalue weighted by molar-refractivity contribution is -0.133. The number of para-hydroxylation sites is 1. The average molecular weight is 454 g/mol. The second-order valence-corrected chi connectivity index (χ2v) is 9.53. The Morgan fingerprint density at radius 1 is 1.16 bits per heavy atom. The summed E-state index contributed by atoms with van der Waals surface area (Å²) in [6.07, 6.45) is 1.16. The Kier molecular flexibility index (Phi) is 6.77. The molecule has 0 amide bonds. The van der Waals surface area contributed by atoms with Crippen LogP contribution in [0.3, 0.4) is 0 Å². The van der Waals surface area contributed by atoms with Crippen LogP contribution in [0.25, 0.3) is 10.9 Å². The molecule has 0 spiro atoms. The van der Waals surface area contributed by atoms with Crippen molar-refractivity contribution < 1.29 is 22.7 Å². The topological polar surface area (TPSA) is 74.6 Å². The number of rotatable bonds is 6. The van der Waals surface area contributed by atoms with E-state index in [1.807, 2.05) is 39.8 Å². The summed E-state index contributed by atoms with van der Waals surface area (Å²) in [6.45, 7) is 7.91. The molecule has 2 aromatic carbocycles. The minimum Gasteiger partial charge on any atom is -0.459 e. The van der Waals surface area contributed by atoms with E-state index in [0.29, 0.717) is 17.7 Å². The van der Waals surface area contributed by atoms with Crippen molar-refractivity contribution in [3.05, 3.63) is 65.9 Å². The van der Waals surface area contributed by atoms with Crippen LogP contribution in [0.1, 0.15) is 31.9 Å². The Morgan fingerprint density at radius 3 is 2.44 bits per heavy atom. The Bertz CT molecular complexity index is 1300. The lowest BCUT2D eigenvalue weighted by atomic mass is 9.78. The number of nitrogens with zero attached hydrogens (tertiary/aromatic N) is 1. The van der Waals surface area contributed by atoms with Crippen LogP contribution in [-0.4, -0.2) is 38.2 Å². The maximum atomic E-state index is 13.5. The summed E-state index contributed by atoms with van der Waals surface area (Å²) in [5.74, 6) is 4.84. The lowest BCUT2D eigenvalue weighted by Gasteiger charge is -2.30. The van der Waals surface area contributed by atoms with Gasteiger partial charge in [0.15, 0.2) is 0 Å². The van der Waals surface area contributed by atoms with Crippen LogP contribution in [0.2, 0.25) is 0 Å². The van der Waals surface area contributed by atoms with E-state index >= 15 is 0 Å². The molecule has 0 saturated carbocycles. The van der Waals surface area contributed by atoms with Gasteiger partial charge in [0.2, 0.25) is 0 Å². The Morgan fingerprint density at radius 2 is 1.81 bits per heavy atom. The van der Waals surface area contributed by atoms with Crippen LogP contribution in [0, 0.1) is 18.8 Å². The average Bonchev–Trinajstić information content (AvgIpc) is 3.19. The fourth-order valence-corrected chi connectivity index (χ4v) is 4.99. The standard InChI is InChI=1S/C25H27NO5S/c1-6-31-19(3)25(4,16-15-24(27)30-5)22-17-26(23-10-8-7-9-21(22)23)32(28,29)20-13-11-18(2)12-14-20/h7-14,17,19H,6H2,1-5H3. The van der Waals surface area contributed by atoms with Crippen molar-refractivity contribution in [2.45, 2.75) is 44.1 Å². The maximum absolute atomic E-state index is 13.5. The highest BCUT2D eigenvalue weighted by Gasteiger charge is 2.36. The van der Waals surface area contributed by atoms with E-state index in [-0.39, 0.29) is 4.90 Å². The summed E-state index contributed by atoms with van der Waals surface area (Å²) in [7, 11) is -2.60. The highest BCUT2D eigenvalue weighted by molar-refractivity contribution is 7.90. The molecule has 0 saturated heterocycles. The van der Waals surface area contributed by atoms with E-state index in [2.05, 4.69) is 16.6 Å². The van der Waals surface area contributed by atoms with E-state index in [9.17, 15) is 13.2 Å². The summed E-state index contributed by atoms with van der Waals surface area (Å²) in [4.78, 5) is 12.0. The predicted molar refractivity (Wildman–Crippen MR) is 124 cm³/mol. The molecule has 0 aliphatic heterocycles. The molecule has 0 aliphatic carbocycles. The van der Waals surface area contributed by atoms with Gasteiger partial charge < -0.3 is 9.47 Å². The number of ether oxygens (including phenoxy) is 2. The third-order valence-corrected chi connectivity index (χ3v) is 7.34. The molecular formula is C25H27NO5S. The van der Waals surface area contributed by atoms with Crippen molar-refractivity contribution in [1.82, 2.24) is 3.97 Å². The number of carbonyl (C=O) groups excluding carboxylic acids is 1. The third kappa shape index (κ3) is 4.29. The van der Waals surface area contributed by atoms with E-state index in [4.69, 9.17) is 4.74 Å². The van der Waals surface area contributed by atoms with Gasteiger partial charge in [0, 0.05) is 24.1 Å². The van der Waals surface area contributed by atoms with Crippen LogP contribution in [-0.2, 0) is 29.7 Å². The number of hydrogen-bond donors (Lipinski definition) is 0. The zero-order valence-electron chi connectivity index (χ0n) is 18.9. The quantitative estimate of drug-likeness (QED) is 0.320. The van der Waals surface area contributed by atoms with Crippen molar-refractivity contribution >= 4 is 26.9 Å². The van der Waals surface area contributed by atoms with Gasteiger partial charge in [-0.2, -0.15) is 0 Å². The number of methoxy groups -OCH3 is 1. The van der Waals surface area contributed by atoms with Crippen molar-refractivity contribution in [1.29, 1.82) is 0 Å². The van der Waals surface area contributed by atoms with Crippen LogP contribution in [0.5, 0.6) is 0 Å². The second-order valence-electron chi connectivity index (χ2n) is 7.72. The molecule has 1 heterocycles. The fourth-order valence-electron chi connectivity index (χ4n) is 3.62. The summed E-state index contributed by atoms with van der Waals surface area (Å²) in [6, 6.07) is 14.0. The second kappa shape index (κ2) is 9.19. The Hall–Kier alpha value is -3.08. The monoisotopic (exact) mass is 453 g/mol. The molecule has 7 heteroatoms. The number of esters is 1. The minimum absolute atomic E-state index is 0.190. The van der Waals surface area contributed by atoms with E-state index in [0.717, 1.165) is 10.9 Å². The zero-order chi connectivity index (χ0) is 23.5. The fraction of sp³-hybridized carbons (Fsp3) is 0.320. The molecule has 2 unspecified atom stereocenters. The van der Waals surface area contributed by atoms with Crippen LogP contribution < -0.4 is 0 Å². The number of aromatic nitrogens is 1. The summed E-state index contributed by atoms with van der Waals surface area (Å²) in [5, 5.41) is 0.719. The van der Waals surface area contributed by atoms with E-state index in [1.165, 1.54) is 11.1 Å². The van der Waals surface area contributed by atoms with Gasteiger partial charge in [-0.25, -0.2) is 17.2 Å². The smallest absolute Gasteiger partial charge is 0.384 e. The Balaban J connectivity index is 2.29. The van der Waals surface area contributed by atoms with Gasteiger partial charge in [0.25, 0.3) is 10.0 Å². The zero-order valence-corrected chi connectivity index (χ0v) is 19.7. The van der Waals surface area contributed by atoms with Crippen molar-refractivity contribution in [2.75, 3.05) is 13.7 Å². The Labute approximate surface area is 189 Å². The van der Waals surface area contributed by atoms with Crippen LogP contribution in [0.4, 0.5) is 0 Å². The largest absolute Gasteiger partial charge is 0.459 e. The molecule has 0 N–H and O–H groups in total. The van der Waals surface area contributed by atoms with Gasteiger partial charge in [-0.15, -0.1) is 0 Å². The molecule has 168 valence electrons. The first kappa shape index (κ1) is 23.6. The van der Waals surface area contributed by atoms with Gasteiger partial charge >= 0.3 is 5.97 Å². The summed E-state index contributed by atoms with van der Waals surface area (Å²) >= 11 is 0. The highest BCUT2D eigenvalue weighted by atomic mass is 32.2. The summed E-state index contributed by atoms with van der Waals surface area (Å²) < 4.78 is 38.9. The third-order valence-electron chi connectivity index (χ3n) is 5.65. The molecular weight excluding hydrogens is 426 g/mol. The van der Waals surface area contributed by atoms with Gasteiger partial charge in [0.1, 0.15) is 0 Å². The van der Waals surface area contributed by atoms with Crippen molar-refractivity contribution in [2.24, 2.45) is 0 Å². The first-order valence-electron chi connectivity index (χ1n) is 10.3. The molecule has 0 fully saturated rings. The van der Waals surface area contributed by atoms with E-state index in [1.54, 1.807) is 42.6 Å². The van der Waals surface area contributed by atoms with Gasteiger partial charge in [-0.3, -0.25) is 0 Å². The maximum Gasteiger partial charge on any atom is 0.384 e. The van der Waals surface area contributed by atoms with Gasteiger partial charge in [-0.05, 0) is 51.5 Å². The predicted octanol–water partition coefficient (Wildman–Crippen LogP) is 4.05. The molecule has 0 aliphatic rings. The van der Waals surface area contributed by atoms with Crippen molar-refractivity contribution in [3.8, 4) is 11.8 Å². The molecule has 0 radical (unpaired) electrons. The van der Waals surface area contributed by atoms with Gasteiger partial charge in [-0.1, -0.05) is 41.8 Å².